The molecule has 24 heavy (non-hydrogen) atoms. The molecular formula is C17H20N2O3S2. The Hall–Kier alpha value is -1.70. The molecule has 0 radical (unpaired) electrons. The molecule has 2 aromatic rings. The second-order valence-corrected chi connectivity index (χ2v) is 9.21. The molecule has 1 amide bonds. The summed E-state index contributed by atoms with van der Waals surface area (Å²) in [6.07, 6.45) is 2.17. The molecule has 1 N–H and O–H groups in total. The highest BCUT2D eigenvalue weighted by atomic mass is 32.2. The van der Waals surface area contributed by atoms with Crippen molar-refractivity contribution in [1.82, 2.24) is 9.62 Å². The Morgan fingerprint density at radius 3 is 2.54 bits per heavy atom. The quantitative estimate of drug-likeness (QED) is 0.821. The lowest BCUT2D eigenvalue weighted by Crippen LogP contribution is -2.40. The van der Waals surface area contributed by atoms with Crippen LogP contribution < -0.4 is 5.32 Å². The molecule has 1 aromatic carbocycles. The Bertz CT molecular complexity index is 785. The minimum absolute atomic E-state index is 0.0449. The number of benzene rings is 1. The van der Waals surface area contributed by atoms with Crippen molar-refractivity contribution in [2.45, 2.75) is 23.1 Å². The lowest BCUT2D eigenvalue weighted by molar-refractivity contribution is -0.122. The van der Waals surface area contributed by atoms with E-state index >= 15 is 0 Å². The van der Waals surface area contributed by atoms with Crippen LogP contribution in [0.15, 0.2) is 52.1 Å². The van der Waals surface area contributed by atoms with Crippen molar-refractivity contribution in [2.24, 2.45) is 5.92 Å². The summed E-state index contributed by atoms with van der Waals surface area (Å²) in [6, 6.07) is 13.0. The van der Waals surface area contributed by atoms with Gasteiger partial charge in [-0.15, -0.1) is 11.3 Å². The third kappa shape index (κ3) is 3.85. The van der Waals surface area contributed by atoms with Crippen molar-refractivity contribution in [1.29, 1.82) is 0 Å². The molecule has 0 bridgehead atoms. The van der Waals surface area contributed by atoms with Gasteiger partial charge in [0, 0.05) is 7.05 Å². The third-order valence-electron chi connectivity index (χ3n) is 4.09. The van der Waals surface area contributed by atoms with Gasteiger partial charge in [0.15, 0.2) is 0 Å². The minimum Gasteiger partial charge on any atom is -0.348 e. The number of rotatable bonds is 7. The maximum Gasteiger partial charge on any atom is 0.252 e. The minimum atomic E-state index is -3.60. The van der Waals surface area contributed by atoms with E-state index < -0.39 is 10.0 Å². The van der Waals surface area contributed by atoms with Crippen molar-refractivity contribution >= 4 is 27.3 Å². The zero-order valence-corrected chi connectivity index (χ0v) is 15.0. The molecule has 1 unspecified atom stereocenters. The first-order chi connectivity index (χ1) is 11.5. The van der Waals surface area contributed by atoms with Crippen molar-refractivity contribution in [3.05, 3.63) is 53.4 Å². The summed E-state index contributed by atoms with van der Waals surface area (Å²) in [5, 5.41) is 4.71. The number of carbonyl (C=O) groups excluding carboxylic acids is 1. The molecule has 5 nitrogen and oxygen atoms in total. The molecule has 1 heterocycles. The molecule has 0 aliphatic heterocycles. The highest BCUT2D eigenvalue weighted by Crippen LogP contribution is 2.40. The average Bonchev–Trinajstić information content (AvgIpc) is 3.25. The predicted molar refractivity (Wildman–Crippen MR) is 94.2 cm³/mol. The lowest BCUT2D eigenvalue weighted by Gasteiger charge is -2.21. The number of thiophene rings is 1. The van der Waals surface area contributed by atoms with Gasteiger partial charge in [-0.1, -0.05) is 36.4 Å². The van der Waals surface area contributed by atoms with Gasteiger partial charge in [0.2, 0.25) is 5.91 Å². The molecule has 1 aliphatic carbocycles. The zero-order chi connectivity index (χ0) is 17.2. The molecule has 1 saturated carbocycles. The van der Waals surface area contributed by atoms with E-state index in [2.05, 4.69) is 5.32 Å². The maximum absolute atomic E-state index is 12.4. The second-order valence-electron chi connectivity index (χ2n) is 5.99. The van der Waals surface area contributed by atoms with Gasteiger partial charge >= 0.3 is 0 Å². The maximum atomic E-state index is 12.4. The highest BCUT2D eigenvalue weighted by molar-refractivity contribution is 7.91. The van der Waals surface area contributed by atoms with Crippen LogP contribution in [0.5, 0.6) is 0 Å². The van der Waals surface area contributed by atoms with Crippen LogP contribution in [-0.2, 0) is 14.8 Å². The van der Waals surface area contributed by atoms with E-state index in [-0.39, 0.29) is 22.7 Å². The highest BCUT2D eigenvalue weighted by Gasteiger charge is 2.34. The van der Waals surface area contributed by atoms with E-state index in [4.69, 9.17) is 0 Å². The van der Waals surface area contributed by atoms with E-state index in [1.54, 1.807) is 17.5 Å². The lowest BCUT2D eigenvalue weighted by atomic mass is 10.0. The SMILES string of the molecule is CN(CC(=O)NC(c1ccccc1)C1CC1)S(=O)(=O)c1cccs1. The van der Waals surface area contributed by atoms with E-state index in [9.17, 15) is 13.2 Å². The van der Waals surface area contributed by atoms with Crippen LogP contribution in [0.3, 0.4) is 0 Å². The predicted octanol–water partition coefficient (Wildman–Crippen LogP) is 2.64. The van der Waals surface area contributed by atoms with Gasteiger partial charge < -0.3 is 5.32 Å². The first-order valence-corrected chi connectivity index (χ1v) is 10.1. The fraction of sp³-hybridized carbons (Fsp3) is 0.353. The van der Waals surface area contributed by atoms with Gasteiger partial charge in [0.05, 0.1) is 12.6 Å². The van der Waals surface area contributed by atoms with Gasteiger partial charge in [-0.05, 0) is 35.8 Å². The third-order valence-corrected chi connectivity index (χ3v) is 7.27. The van der Waals surface area contributed by atoms with Crippen molar-refractivity contribution in [3.8, 4) is 0 Å². The topological polar surface area (TPSA) is 66.5 Å². The van der Waals surface area contributed by atoms with Gasteiger partial charge in [0.25, 0.3) is 10.0 Å². The number of nitrogens with zero attached hydrogens (tertiary/aromatic N) is 1. The summed E-state index contributed by atoms with van der Waals surface area (Å²) in [6.45, 7) is -0.184. The molecule has 0 spiro atoms. The number of hydrogen-bond donors (Lipinski definition) is 1. The molecule has 1 atom stereocenters. The molecule has 0 saturated heterocycles. The summed E-state index contributed by atoms with van der Waals surface area (Å²) < 4.78 is 26.1. The van der Waals surface area contributed by atoms with Crippen LogP contribution in [0.25, 0.3) is 0 Å². The molecule has 7 heteroatoms. The number of nitrogens with one attached hydrogen (secondary N) is 1. The van der Waals surface area contributed by atoms with Gasteiger partial charge in [-0.2, -0.15) is 4.31 Å². The Morgan fingerprint density at radius 1 is 1.25 bits per heavy atom. The Balaban J connectivity index is 1.66. The molecule has 1 aliphatic rings. The number of sulfonamides is 1. The molecule has 3 rings (SSSR count). The van der Waals surface area contributed by atoms with Gasteiger partial charge in [-0.3, -0.25) is 4.79 Å². The molecule has 1 fully saturated rings. The van der Waals surface area contributed by atoms with E-state index in [1.165, 1.54) is 7.05 Å². The average molecular weight is 364 g/mol. The summed E-state index contributed by atoms with van der Waals surface area (Å²) in [5.74, 6) is 0.161. The Labute approximate surface area is 146 Å². The smallest absolute Gasteiger partial charge is 0.252 e. The number of likely N-dealkylation sites (N-methyl/N-ethyl adjacent to an activating group) is 1. The van der Waals surface area contributed by atoms with Gasteiger partial charge in [-0.25, -0.2) is 8.42 Å². The largest absolute Gasteiger partial charge is 0.348 e. The molecule has 1 aromatic heterocycles. The van der Waals surface area contributed by atoms with E-state index in [1.807, 2.05) is 30.3 Å². The second kappa shape index (κ2) is 7.04. The molecule has 128 valence electrons. The van der Waals surface area contributed by atoms with Crippen molar-refractivity contribution < 1.29 is 13.2 Å². The Morgan fingerprint density at radius 2 is 1.96 bits per heavy atom. The monoisotopic (exact) mass is 364 g/mol. The number of hydrogen-bond acceptors (Lipinski definition) is 4. The number of amides is 1. The van der Waals surface area contributed by atoms with Crippen LogP contribution >= 0.6 is 11.3 Å². The first kappa shape index (κ1) is 17.1. The first-order valence-electron chi connectivity index (χ1n) is 7.82. The normalized spacial score (nSPS) is 16.1. The fourth-order valence-corrected chi connectivity index (χ4v) is 4.96. The van der Waals surface area contributed by atoms with Crippen LogP contribution in [-0.4, -0.2) is 32.2 Å². The van der Waals surface area contributed by atoms with Crippen LogP contribution in [0, 0.1) is 5.92 Å². The summed E-state index contributed by atoms with van der Waals surface area (Å²) in [5.41, 5.74) is 1.07. The van der Waals surface area contributed by atoms with Crippen molar-refractivity contribution in [3.63, 3.8) is 0 Å². The summed E-state index contributed by atoms with van der Waals surface area (Å²) in [7, 11) is -2.17. The standard InChI is InChI=1S/C17H20N2O3S2/c1-19(24(21,22)16-8-5-11-23-16)12-15(20)18-17(14-9-10-14)13-6-3-2-4-7-13/h2-8,11,14,17H,9-10,12H2,1H3,(H,18,20). The van der Waals surface area contributed by atoms with Crippen LogP contribution in [0.2, 0.25) is 0 Å². The number of carbonyl (C=O) groups is 1. The van der Waals surface area contributed by atoms with Crippen molar-refractivity contribution in [2.75, 3.05) is 13.6 Å². The van der Waals surface area contributed by atoms with Gasteiger partial charge in [0.1, 0.15) is 4.21 Å². The summed E-state index contributed by atoms with van der Waals surface area (Å²) >= 11 is 1.15. The van der Waals surface area contributed by atoms with E-state index in [0.29, 0.717) is 5.92 Å². The van der Waals surface area contributed by atoms with Crippen LogP contribution in [0.1, 0.15) is 24.4 Å². The summed E-state index contributed by atoms with van der Waals surface area (Å²) in [4.78, 5) is 12.4. The zero-order valence-electron chi connectivity index (χ0n) is 13.4. The van der Waals surface area contributed by atoms with E-state index in [0.717, 1.165) is 34.0 Å². The Kier molecular flexibility index (Phi) is 5.03. The van der Waals surface area contributed by atoms with Crippen LogP contribution in [0.4, 0.5) is 0 Å². The fourth-order valence-electron chi connectivity index (χ4n) is 2.63. The molecular weight excluding hydrogens is 344 g/mol.